The first-order chi connectivity index (χ1) is 26.7. The second-order valence-electron chi connectivity index (χ2n) is 20.6. The smallest absolute Gasteiger partial charge is 0.362 e. The molecular weight excluding hydrogens is 713 g/mol. The molecule has 0 aromatic heterocycles. The van der Waals surface area contributed by atoms with Crippen LogP contribution < -0.4 is 4.90 Å². The summed E-state index contributed by atoms with van der Waals surface area (Å²) in [5, 5.41) is 50.1. The van der Waals surface area contributed by atoms with E-state index in [4.69, 9.17) is 9.47 Å². The van der Waals surface area contributed by atoms with Crippen LogP contribution in [0.3, 0.4) is 0 Å². The normalized spacial score (nSPS) is 54.1. The van der Waals surface area contributed by atoms with Crippen LogP contribution in [0.25, 0.3) is 0 Å². The maximum Gasteiger partial charge on any atom is 0.362 e. The molecule has 4 saturated heterocycles. The monoisotopic (exact) mass is 771 g/mol. The van der Waals surface area contributed by atoms with Crippen LogP contribution in [0.15, 0.2) is 35.9 Å². The van der Waals surface area contributed by atoms with E-state index in [1.54, 1.807) is 6.08 Å². The summed E-state index contributed by atoms with van der Waals surface area (Å²) < 4.78 is 11.9. The van der Waals surface area contributed by atoms with Crippen molar-refractivity contribution in [3.8, 4) is 0 Å². The molecule has 18 atom stereocenters. The van der Waals surface area contributed by atoms with Crippen LogP contribution in [0.1, 0.15) is 96.5 Å². The number of esters is 2. The van der Waals surface area contributed by atoms with E-state index >= 15 is 0 Å². The van der Waals surface area contributed by atoms with Gasteiger partial charge in [-0.1, -0.05) is 32.0 Å². The predicted molar refractivity (Wildman–Crippen MR) is 202 cm³/mol. The molecule has 56 heavy (non-hydrogen) atoms. The van der Waals surface area contributed by atoms with Crippen LogP contribution in [0.2, 0.25) is 0 Å². The van der Waals surface area contributed by atoms with E-state index < -0.39 is 45.9 Å². The van der Waals surface area contributed by atoms with E-state index in [-0.39, 0.29) is 89.6 Å². The van der Waals surface area contributed by atoms with Crippen LogP contribution in [0.4, 0.5) is 5.69 Å². The Kier molecular flexibility index (Phi) is 7.42. The molecule has 1 aromatic carbocycles. The minimum Gasteiger partial charge on any atom is -0.458 e. The van der Waals surface area contributed by atoms with E-state index in [0.717, 1.165) is 43.2 Å². The number of cyclic esters (lactones) is 1. The minimum atomic E-state index is -1.37. The molecule has 1 spiro atoms. The second kappa shape index (κ2) is 11.5. The Bertz CT molecular complexity index is 1940. The van der Waals surface area contributed by atoms with Gasteiger partial charge in [-0.3, -0.25) is 4.48 Å². The summed E-state index contributed by atoms with van der Waals surface area (Å²) >= 11 is 0. The Balaban J connectivity index is 0.854. The number of aliphatic hydroxyl groups excluding tert-OH is 2. The quantitative estimate of drug-likeness (QED) is 0.192. The number of likely N-dealkylation sites (N-methyl/N-ethyl adjacent to an activating group) is 1. The number of carbonyl (C=O) groups excluding carboxylic acids is 3. The Morgan fingerprint density at radius 1 is 1.04 bits per heavy atom. The van der Waals surface area contributed by atoms with Gasteiger partial charge in [-0.15, -0.1) is 0 Å². The maximum absolute atomic E-state index is 14.5. The van der Waals surface area contributed by atoms with Crippen molar-refractivity contribution in [2.24, 2.45) is 46.3 Å². The number of anilines is 1. The molecule has 302 valence electrons. The molecule has 4 N–H and O–H groups in total. The highest BCUT2D eigenvalue weighted by atomic mass is 16.5. The highest BCUT2D eigenvalue weighted by Gasteiger charge is 2.83. The van der Waals surface area contributed by atoms with Gasteiger partial charge in [0.1, 0.15) is 25.0 Å². The van der Waals surface area contributed by atoms with Crippen LogP contribution in [-0.4, -0.2) is 111 Å². The van der Waals surface area contributed by atoms with Gasteiger partial charge in [0.2, 0.25) is 0 Å². The fourth-order valence-corrected chi connectivity index (χ4v) is 17.6. The molecule has 9 fully saturated rings. The van der Waals surface area contributed by atoms with E-state index in [1.165, 1.54) is 5.56 Å². The topological polar surface area (TPSA) is 154 Å². The van der Waals surface area contributed by atoms with Crippen molar-refractivity contribution in [1.29, 1.82) is 0 Å². The number of carbonyl (C=O) groups is 3. The number of para-hydroxylation sites is 1. The number of fused-ring (bicyclic) bond motifs is 7. The van der Waals surface area contributed by atoms with Gasteiger partial charge in [-0.25, -0.2) is 9.59 Å². The molecular formula is C45H59N2O9+. The third-order valence-electron chi connectivity index (χ3n) is 19.6. The molecule has 1 aromatic rings. The van der Waals surface area contributed by atoms with Gasteiger partial charge >= 0.3 is 11.9 Å². The zero-order valence-electron chi connectivity index (χ0n) is 33.0. The average molecular weight is 772 g/mol. The molecule has 11 nitrogen and oxygen atoms in total. The Labute approximate surface area is 329 Å². The van der Waals surface area contributed by atoms with Crippen molar-refractivity contribution in [3.63, 3.8) is 0 Å². The highest BCUT2D eigenvalue weighted by molar-refractivity contribution is 5.85. The lowest BCUT2D eigenvalue weighted by Gasteiger charge is -2.67. The first kappa shape index (κ1) is 36.3. The van der Waals surface area contributed by atoms with Crippen molar-refractivity contribution in [2.75, 3.05) is 25.1 Å². The van der Waals surface area contributed by atoms with Gasteiger partial charge in [0.25, 0.3) is 0 Å². The largest absolute Gasteiger partial charge is 0.458 e. The minimum absolute atomic E-state index is 0.0104. The van der Waals surface area contributed by atoms with Crippen LogP contribution in [0, 0.1) is 46.3 Å². The van der Waals surface area contributed by atoms with Gasteiger partial charge in [0, 0.05) is 55.3 Å². The molecule has 11 aliphatic rings. The lowest BCUT2D eigenvalue weighted by Crippen LogP contribution is -2.83. The Morgan fingerprint density at radius 2 is 1.82 bits per heavy atom. The first-order valence-corrected chi connectivity index (χ1v) is 21.8. The summed E-state index contributed by atoms with van der Waals surface area (Å²) in [6, 6.07) is 8.28. The molecule has 5 aliphatic carbocycles. The number of piperidine rings is 4. The number of rotatable bonds is 6. The van der Waals surface area contributed by atoms with E-state index in [2.05, 4.69) is 44.0 Å². The summed E-state index contributed by atoms with van der Waals surface area (Å²) in [6.07, 6.45) is 7.72. The van der Waals surface area contributed by atoms with Crippen LogP contribution in [0.5, 0.6) is 0 Å². The fraction of sp³-hybridized carbons (Fsp3) is 0.756. The lowest BCUT2D eigenvalue weighted by molar-refractivity contribution is -1.03. The van der Waals surface area contributed by atoms with Crippen molar-refractivity contribution >= 4 is 23.9 Å². The standard InChI is InChI=1S/C45H59N2O9/c1-4-26-27-18-33-38-44(31-7-5-6-8-32(31)46(38)3)20-34(37(27)39(44)51)47(33,40(26)52)21-36(50)56-25-9-14-42(23-48)29-10-13-41(2)28(24-17-35(49)55-22-24)12-16-45(41,54)30(29)11-15-43(42,53)19-25/h5-8,17,23,25-30,33-34,37-40,51-54H,4,9-16,18-22H2,1-3H3/q+1/t25-,26-,27+,28+,29-,30+,33+,34+,37-,38+,39+,40-,41-,42+,43-,44+,45+,47-/m1/s1. The molecule has 0 amide bonds. The van der Waals surface area contributed by atoms with Crippen molar-refractivity contribution in [2.45, 2.75) is 144 Å². The molecule has 5 saturated carbocycles. The van der Waals surface area contributed by atoms with E-state index in [1.807, 2.05) is 6.07 Å². The Hall–Kier alpha value is -2.83. The lowest BCUT2D eigenvalue weighted by atomic mass is 9.41. The maximum atomic E-state index is 14.5. The van der Waals surface area contributed by atoms with Gasteiger partial charge in [-0.2, -0.15) is 0 Å². The van der Waals surface area contributed by atoms with Crippen molar-refractivity contribution in [1.82, 2.24) is 0 Å². The molecule has 0 unspecified atom stereocenters. The number of benzene rings is 1. The molecule has 12 rings (SSSR count). The number of quaternary nitrogens is 1. The summed E-state index contributed by atoms with van der Waals surface area (Å²) in [7, 11) is 2.11. The van der Waals surface area contributed by atoms with E-state index in [9.17, 15) is 34.8 Å². The summed E-state index contributed by atoms with van der Waals surface area (Å²) in [5.74, 6) is -0.852. The van der Waals surface area contributed by atoms with Gasteiger partial charge in [-0.05, 0) is 98.7 Å². The number of ether oxygens (including phenoxy) is 2. The fourth-order valence-electron chi connectivity index (χ4n) is 17.6. The third kappa shape index (κ3) is 3.92. The SMILES string of the molecule is CC[C@@H]1[C@@H]2C[C@H]3[C@@H]4N(C)c5ccccc5[C@@]45C[C@@H]([C@@H]2[C@@H]5O)[N@+]3(CC(=O)O[C@@H]2CC[C@]3(C=O)[C@@H]4CC[C@]5(C)[C@H](C6=CC(=O)OC6)CC[C@]5(O)[C@H]4CC[C@@]3(O)C2)[C@@H]1O. The predicted octanol–water partition coefficient (Wildman–Crippen LogP) is 3.53. The summed E-state index contributed by atoms with van der Waals surface area (Å²) in [6.45, 7) is 4.56. The van der Waals surface area contributed by atoms with Crippen LogP contribution >= 0.6 is 0 Å². The number of aldehydes is 1. The Morgan fingerprint density at radius 3 is 2.57 bits per heavy atom. The summed E-state index contributed by atoms with van der Waals surface area (Å²) in [5.41, 5.74) is -1.04. The van der Waals surface area contributed by atoms with Crippen LogP contribution in [-0.2, 0) is 29.3 Å². The zero-order valence-corrected chi connectivity index (χ0v) is 33.0. The molecule has 6 heterocycles. The first-order valence-electron chi connectivity index (χ1n) is 21.8. The van der Waals surface area contributed by atoms with Gasteiger partial charge in [0.05, 0.1) is 40.2 Å². The number of hydrogen-bond donors (Lipinski definition) is 4. The number of hydrogen-bond acceptors (Lipinski definition) is 10. The molecule has 6 aliphatic heterocycles. The van der Waals surface area contributed by atoms with Crippen molar-refractivity contribution < 1.29 is 48.8 Å². The summed E-state index contributed by atoms with van der Waals surface area (Å²) in [4.78, 5) is 42.3. The molecule has 5 bridgehead atoms. The zero-order chi connectivity index (χ0) is 38.9. The number of nitrogens with zero attached hydrogens (tertiary/aromatic N) is 2. The highest BCUT2D eigenvalue weighted by Crippen LogP contribution is 2.73. The number of aliphatic hydroxyl groups is 4. The molecule has 0 radical (unpaired) electrons. The molecule has 11 heteroatoms. The van der Waals surface area contributed by atoms with Gasteiger partial charge in [0.15, 0.2) is 12.8 Å². The third-order valence-corrected chi connectivity index (χ3v) is 19.6. The van der Waals surface area contributed by atoms with E-state index in [0.29, 0.717) is 44.9 Å². The van der Waals surface area contributed by atoms with Crippen molar-refractivity contribution in [3.05, 3.63) is 41.5 Å². The second-order valence-corrected chi connectivity index (χ2v) is 20.6. The average Bonchev–Trinajstić information content (AvgIpc) is 3.86. The van der Waals surface area contributed by atoms with Gasteiger partial charge < -0.3 is 39.6 Å².